The first-order valence-corrected chi connectivity index (χ1v) is 8.41. The van der Waals surface area contributed by atoms with Crippen LogP contribution in [-0.4, -0.2) is 18.7 Å². The molecule has 1 aliphatic rings. The molecule has 0 radical (unpaired) electrons. The number of benzene rings is 4. The van der Waals surface area contributed by atoms with Crippen molar-refractivity contribution in [2.45, 2.75) is 0 Å². The van der Waals surface area contributed by atoms with E-state index in [2.05, 4.69) is 6.07 Å². The van der Waals surface area contributed by atoms with E-state index >= 15 is 0 Å². The second kappa shape index (κ2) is 5.27. The molecule has 4 aromatic rings. The van der Waals surface area contributed by atoms with Crippen LogP contribution in [0.4, 0.5) is 0 Å². The molecule has 0 heterocycles. The minimum absolute atomic E-state index is 0.146. The maximum atomic E-state index is 12.7. The van der Waals surface area contributed by atoms with E-state index in [-0.39, 0.29) is 11.6 Å². The number of allylic oxidation sites excluding steroid dienone is 2. The zero-order valence-corrected chi connectivity index (χ0v) is 14.1. The van der Waals surface area contributed by atoms with Crippen molar-refractivity contribution in [3.05, 3.63) is 77.9 Å². The lowest BCUT2D eigenvalue weighted by atomic mass is 9.86. The van der Waals surface area contributed by atoms with E-state index in [0.717, 1.165) is 32.3 Å². The molecule has 0 atom stereocenters. The van der Waals surface area contributed by atoms with E-state index in [1.807, 2.05) is 42.5 Å². The van der Waals surface area contributed by atoms with E-state index in [1.54, 1.807) is 13.2 Å². The Kier molecular flexibility index (Phi) is 3.01. The number of carbonyl (C=O) groups excluding carboxylic acids is 2. The van der Waals surface area contributed by atoms with Crippen LogP contribution in [0.25, 0.3) is 32.3 Å². The van der Waals surface area contributed by atoms with Gasteiger partial charge < -0.3 is 4.74 Å². The van der Waals surface area contributed by atoms with Gasteiger partial charge in [-0.2, -0.15) is 0 Å². The monoisotopic (exact) mass is 338 g/mol. The smallest absolute Gasteiger partial charge is 0.187 e. The normalized spacial score (nSPS) is 13.6. The first-order valence-electron chi connectivity index (χ1n) is 8.41. The van der Waals surface area contributed by atoms with Gasteiger partial charge >= 0.3 is 0 Å². The van der Waals surface area contributed by atoms with E-state index in [0.29, 0.717) is 16.9 Å². The van der Waals surface area contributed by atoms with Gasteiger partial charge in [0.1, 0.15) is 5.75 Å². The highest BCUT2D eigenvalue weighted by molar-refractivity contribution is 6.33. The zero-order chi connectivity index (χ0) is 17.8. The molecule has 4 aromatic carbocycles. The number of rotatable bonds is 1. The van der Waals surface area contributed by atoms with Gasteiger partial charge in [-0.25, -0.2) is 0 Å². The third kappa shape index (κ3) is 1.88. The minimum atomic E-state index is -0.169. The summed E-state index contributed by atoms with van der Waals surface area (Å²) in [5.74, 6) is 0.287. The predicted molar refractivity (Wildman–Crippen MR) is 103 cm³/mol. The average Bonchev–Trinajstić information content (AvgIpc) is 2.69. The molecular weight excluding hydrogens is 324 g/mol. The highest BCUT2D eigenvalue weighted by Gasteiger charge is 2.25. The van der Waals surface area contributed by atoms with Crippen molar-refractivity contribution in [3.63, 3.8) is 0 Å². The molecule has 0 saturated carbocycles. The van der Waals surface area contributed by atoms with Gasteiger partial charge in [0.25, 0.3) is 0 Å². The van der Waals surface area contributed by atoms with Crippen LogP contribution < -0.4 is 4.74 Å². The van der Waals surface area contributed by atoms with Crippen LogP contribution in [0.3, 0.4) is 0 Å². The summed E-state index contributed by atoms with van der Waals surface area (Å²) in [7, 11) is 1.58. The third-order valence-electron chi connectivity index (χ3n) is 5.09. The van der Waals surface area contributed by atoms with Gasteiger partial charge in [0.15, 0.2) is 11.6 Å². The fourth-order valence-electron chi connectivity index (χ4n) is 3.92. The lowest BCUT2D eigenvalue weighted by Gasteiger charge is -2.18. The quantitative estimate of drug-likeness (QED) is 0.454. The largest absolute Gasteiger partial charge is 0.496 e. The molecule has 124 valence electrons. The molecule has 0 amide bonds. The summed E-state index contributed by atoms with van der Waals surface area (Å²) in [4.78, 5) is 25.2. The molecule has 0 unspecified atom stereocenters. The highest BCUT2D eigenvalue weighted by Crippen LogP contribution is 2.40. The van der Waals surface area contributed by atoms with Gasteiger partial charge in [-0.05, 0) is 45.8 Å². The number of methoxy groups -OCH3 is 1. The Morgan fingerprint density at radius 2 is 1.46 bits per heavy atom. The van der Waals surface area contributed by atoms with Crippen molar-refractivity contribution >= 4 is 43.9 Å². The van der Waals surface area contributed by atoms with Crippen LogP contribution in [0.15, 0.2) is 66.7 Å². The maximum absolute atomic E-state index is 12.7. The molecule has 3 heteroatoms. The van der Waals surface area contributed by atoms with Crippen LogP contribution in [-0.2, 0) is 0 Å². The topological polar surface area (TPSA) is 43.4 Å². The lowest BCUT2D eigenvalue weighted by molar-refractivity contribution is 0.0995. The molecule has 0 bridgehead atoms. The number of fused-ring (bicyclic) bond motifs is 7. The predicted octanol–water partition coefficient (Wildman–Crippen LogP) is 5.09. The Morgan fingerprint density at radius 1 is 0.731 bits per heavy atom. The summed E-state index contributed by atoms with van der Waals surface area (Å²) in [5.41, 5.74) is 0.873. The van der Waals surface area contributed by atoms with Crippen molar-refractivity contribution in [1.82, 2.24) is 0 Å². The number of ketones is 2. The third-order valence-corrected chi connectivity index (χ3v) is 5.09. The number of ether oxygens (including phenoxy) is 1. The molecule has 5 rings (SSSR count). The number of carbonyl (C=O) groups is 2. The van der Waals surface area contributed by atoms with Crippen LogP contribution in [0.5, 0.6) is 5.75 Å². The van der Waals surface area contributed by atoms with Crippen molar-refractivity contribution in [2.75, 3.05) is 7.11 Å². The van der Waals surface area contributed by atoms with E-state index in [1.165, 1.54) is 12.2 Å². The van der Waals surface area contributed by atoms with Gasteiger partial charge in [-0.1, -0.05) is 42.5 Å². The summed E-state index contributed by atoms with van der Waals surface area (Å²) in [5, 5.41) is 5.78. The van der Waals surface area contributed by atoms with E-state index in [9.17, 15) is 9.59 Å². The SMILES string of the molecule is COc1cc2c(c3c1ccc1ccc4ccccc4c13)C(=O)C=CC2=O. The highest BCUT2D eigenvalue weighted by atomic mass is 16.5. The fourth-order valence-corrected chi connectivity index (χ4v) is 3.92. The van der Waals surface area contributed by atoms with Crippen LogP contribution in [0.1, 0.15) is 20.7 Å². The summed E-state index contributed by atoms with van der Waals surface area (Å²) < 4.78 is 5.55. The first kappa shape index (κ1) is 14.8. The summed E-state index contributed by atoms with van der Waals surface area (Å²) >= 11 is 0. The van der Waals surface area contributed by atoms with Crippen molar-refractivity contribution in [1.29, 1.82) is 0 Å². The average molecular weight is 338 g/mol. The molecule has 1 aliphatic carbocycles. The van der Waals surface area contributed by atoms with Gasteiger partial charge in [0, 0.05) is 21.9 Å². The molecule has 0 N–H and O–H groups in total. The minimum Gasteiger partial charge on any atom is -0.496 e. The fraction of sp³-hybridized carbons (Fsp3) is 0.0435. The Balaban J connectivity index is 2.14. The molecule has 0 saturated heterocycles. The van der Waals surface area contributed by atoms with Gasteiger partial charge in [0.2, 0.25) is 0 Å². The number of hydrogen-bond acceptors (Lipinski definition) is 3. The standard InChI is InChI=1S/C23H14O3/c1-26-20-12-17-18(24)10-11-19(25)22(17)23-16(20)9-8-14-7-6-13-4-2-3-5-15(13)21(14)23/h2-12H,1H3. The summed E-state index contributed by atoms with van der Waals surface area (Å²) in [6.45, 7) is 0. The van der Waals surface area contributed by atoms with E-state index < -0.39 is 0 Å². The molecule has 3 nitrogen and oxygen atoms in total. The molecule has 0 spiro atoms. The van der Waals surface area contributed by atoms with Gasteiger partial charge in [-0.3, -0.25) is 9.59 Å². The van der Waals surface area contributed by atoms with Crippen LogP contribution >= 0.6 is 0 Å². The van der Waals surface area contributed by atoms with Crippen LogP contribution in [0.2, 0.25) is 0 Å². The van der Waals surface area contributed by atoms with Gasteiger partial charge in [0.05, 0.1) is 7.11 Å². The van der Waals surface area contributed by atoms with Crippen molar-refractivity contribution < 1.29 is 14.3 Å². The summed E-state index contributed by atoms with van der Waals surface area (Å²) in [6, 6.07) is 17.9. The Labute approximate surface area is 149 Å². The Bertz CT molecular complexity index is 1300. The molecule has 0 aliphatic heterocycles. The maximum Gasteiger partial charge on any atom is 0.187 e. The lowest BCUT2D eigenvalue weighted by Crippen LogP contribution is -2.13. The summed E-state index contributed by atoms with van der Waals surface area (Å²) in [6.07, 6.45) is 2.69. The first-order chi connectivity index (χ1) is 12.7. The Morgan fingerprint density at radius 3 is 2.31 bits per heavy atom. The molecule has 0 aromatic heterocycles. The second-order valence-corrected chi connectivity index (χ2v) is 6.44. The van der Waals surface area contributed by atoms with E-state index in [4.69, 9.17) is 4.74 Å². The molecule has 0 fully saturated rings. The van der Waals surface area contributed by atoms with Crippen molar-refractivity contribution in [2.24, 2.45) is 0 Å². The van der Waals surface area contributed by atoms with Crippen molar-refractivity contribution in [3.8, 4) is 5.75 Å². The molecular formula is C23H14O3. The molecule has 26 heavy (non-hydrogen) atoms. The zero-order valence-electron chi connectivity index (χ0n) is 14.1. The Hall–Kier alpha value is -3.46. The second-order valence-electron chi connectivity index (χ2n) is 6.44. The van der Waals surface area contributed by atoms with Crippen LogP contribution in [0, 0.1) is 0 Å². The van der Waals surface area contributed by atoms with Gasteiger partial charge in [-0.15, -0.1) is 0 Å². The number of hydrogen-bond donors (Lipinski definition) is 0.